The molecule has 4 aromatic rings. The molecular weight excluding hydrogens is 282 g/mol. The largest absolute Gasteiger partial charge is 0.345 e. The fourth-order valence-corrected chi connectivity index (χ4v) is 2.29. The molecule has 0 saturated carbocycles. The summed E-state index contributed by atoms with van der Waals surface area (Å²) in [5.41, 5.74) is 2.61. The molecule has 0 aliphatic heterocycles. The van der Waals surface area contributed by atoms with E-state index in [9.17, 15) is 4.79 Å². The van der Waals surface area contributed by atoms with Crippen molar-refractivity contribution in [2.24, 2.45) is 0 Å². The van der Waals surface area contributed by atoms with Crippen molar-refractivity contribution in [3.05, 3.63) is 48.4 Å². The van der Waals surface area contributed by atoms with Crippen LogP contribution in [0.15, 0.2) is 37.1 Å². The summed E-state index contributed by atoms with van der Waals surface area (Å²) in [6.45, 7) is 0.287. The Bertz CT molecular complexity index is 938. The third-order valence-electron chi connectivity index (χ3n) is 3.32. The van der Waals surface area contributed by atoms with Gasteiger partial charge in [0, 0.05) is 24.0 Å². The molecule has 0 atom stereocenters. The zero-order valence-corrected chi connectivity index (χ0v) is 11.4. The molecule has 0 radical (unpaired) electrons. The monoisotopic (exact) mass is 293 g/mol. The number of nitrogens with one attached hydrogen (secondary N) is 3. The van der Waals surface area contributed by atoms with Gasteiger partial charge in [-0.15, -0.1) is 0 Å². The van der Waals surface area contributed by atoms with E-state index < -0.39 is 0 Å². The highest BCUT2D eigenvalue weighted by atomic mass is 16.1. The van der Waals surface area contributed by atoms with Gasteiger partial charge in [-0.1, -0.05) is 0 Å². The molecule has 0 bridgehead atoms. The molecule has 8 nitrogen and oxygen atoms in total. The number of H-pyrrole nitrogens is 2. The van der Waals surface area contributed by atoms with Gasteiger partial charge in [0.15, 0.2) is 5.65 Å². The summed E-state index contributed by atoms with van der Waals surface area (Å²) < 4.78 is 0. The van der Waals surface area contributed by atoms with Gasteiger partial charge in [-0.2, -0.15) is 0 Å². The molecule has 8 heteroatoms. The van der Waals surface area contributed by atoms with Crippen molar-refractivity contribution in [3.63, 3.8) is 0 Å². The number of hydrogen-bond donors (Lipinski definition) is 3. The van der Waals surface area contributed by atoms with E-state index in [1.165, 1.54) is 6.33 Å². The number of carbonyl (C=O) groups excluding carboxylic acids is 1. The molecule has 0 aliphatic rings. The first kappa shape index (κ1) is 12.5. The van der Waals surface area contributed by atoms with Gasteiger partial charge >= 0.3 is 0 Å². The summed E-state index contributed by atoms with van der Waals surface area (Å²) in [5.74, 6) is 0.438. The second-order valence-corrected chi connectivity index (χ2v) is 4.73. The average Bonchev–Trinajstić information content (AvgIpc) is 3.16. The lowest BCUT2D eigenvalue weighted by atomic mass is 10.2. The normalized spacial score (nSPS) is 11.1. The van der Waals surface area contributed by atoms with Crippen LogP contribution in [0, 0.1) is 0 Å². The third kappa shape index (κ3) is 2.06. The minimum atomic E-state index is -0.213. The van der Waals surface area contributed by atoms with Crippen LogP contribution in [0.25, 0.3) is 22.2 Å². The Hall–Kier alpha value is -3.29. The maximum atomic E-state index is 12.3. The first-order chi connectivity index (χ1) is 10.8. The SMILES string of the molecule is O=C(NCc1nc2ncccc2[nH]1)c1c[nH]c2ncncc12. The predicted molar refractivity (Wildman–Crippen MR) is 78.9 cm³/mol. The summed E-state index contributed by atoms with van der Waals surface area (Å²) in [6.07, 6.45) is 6.34. The molecule has 0 aromatic carbocycles. The maximum absolute atomic E-state index is 12.3. The highest BCUT2D eigenvalue weighted by Gasteiger charge is 2.13. The summed E-state index contributed by atoms with van der Waals surface area (Å²) in [6, 6.07) is 3.71. The van der Waals surface area contributed by atoms with Crippen LogP contribution in [0.2, 0.25) is 0 Å². The van der Waals surface area contributed by atoms with Gasteiger partial charge in [0.25, 0.3) is 5.91 Å². The number of imidazole rings is 1. The van der Waals surface area contributed by atoms with Crippen molar-refractivity contribution >= 4 is 28.1 Å². The van der Waals surface area contributed by atoms with Crippen LogP contribution in [-0.2, 0) is 6.54 Å². The molecule has 4 aromatic heterocycles. The van der Waals surface area contributed by atoms with Crippen molar-refractivity contribution in [1.29, 1.82) is 0 Å². The first-order valence-corrected chi connectivity index (χ1v) is 6.66. The number of hydrogen-bond acceptors (Lipinski definition) is 5. The fraction of sp³-hybridized carbons (Fsp3) is 0.0714. The lowest BCUT2D eigenvalue weighted by Gasteiger charge is -2.01. The van der Waals surface area contributed by atoms with Crippen LogP contribution >= 0.6 is 0 Å². The second kappa shape index (κ2) is 4.92. The first-order valence-electron chi connectivity index (χ1n) is 6.66. The zero-order chi connectivity index (χ0) is 14.9. The zero-order valence-electron chi connectivity index (χ0n) is 11.4. The van der Waals surface area contributed by atoms with Gasteiger partial charge in [-0.3, -0.25) is 4.79 Å². The molecule has 0 fully saturated rings. The summed E-state index contributed by atoms with van der Waals surface area (Å²) in [7, 11) is 0. The van der Waals surface area contributed by atoms with Gasteiger partial charge in [0.2, 0.25) is 0 Å². The number of aromatic amines is 2. The molecule has 0 aliphatic carbocycles. The van der Waals surface area contributed by atoms with Gasteiger partial charge in [-0.05, 0) is 12.1 Å². The van der Waals surface area contributed by atoms with Crippen LogP contribution in [-0.4, -0.2) is 35.8 Å². The van der Waals surface area contributed by atoms with Crippen LogP contribution in [0.5, 0.6) is 0 Å². The van der Waals surface area contributed by atoms with Gasteiger partial charge in [0.05, 0.1) is 17.6 Å². The van der Waals surface area contributed by atoms with E-state index in [1.807, 2.05) is 12.1 Å². The van der Waals surface area contributed by atoms with Crippen molar-refractivity contribution in [2.45, 2.75) is 6.54 Å². The molecule has 0 unspecified atom stereocenters. The molecule has 3 N–H and O–H groups in total. The molecule has 4 rings (SSSR count). The van der Waals surface area contributed by atoms with E-state index >= 15 is 0 Å². The standard InChI is InChI=1S/C14H11N7O/c22-14(9-5-17-12-8(9)4-15-7-19-12)18-6-11-20-10-2-1-3-16-13(10)21-11/h1-5,7H,6H2,(H,18,22)(H,15,17,19)(H,16,20,21). The molecule has 4 heterocycles. The number of amides is 1. The number of pyridine rings is 1. The lowest BCUT2D eigenvalue weighted by molar-refractivity contribution is 0.0951. The van der Waals surface area contributed by atoms with E-state index in [0.29, 0.717) is 28.1 Å². The average molecular weight is 293 g/mol. The van der Waals surface area contributed by atoms with Gasteiger partial charge in [-0.25, -0.2) is 19.9 Å². The van der Waals surface area contributed by atoms with Crippen molar-refractivity contribution in [3.8, 4) is 0 Å². The number of rotatable bonds is 3. The molecular formula is C14H11N7O. The summed E-state index contributed by atoms with van der Waals surface area (Å²) in [4.78, 5) is 34.8. The van der Waals surface area contributed by atoms with E-state index in [0.717, 1.165) is 5.52 Å². The molecule has 108 valence electrons. The summed E-state index contributed by atoms with van der Waals surface area (Å²) >= 11 is 0. The number of carbonyl (C=O) groups is 1. The van der Waals surface area contributed by atoms with Crippen molar-refractivity contribution in [2.75, 3.05) is 0 Å². The Kier molecular flexibility index (Phi) is 2.78. The fourth-order valence-electron chi connectivity index (χ4n) is 2.29. The highest BCUT2D eigenvalue weighted by molar-refractivity contribution is 6.05. The lowest BCUT2D eigenvalue weighted by Crippen LogP contribution is -2.23. The number of nitrogens with zero attached hydrogens (tertiary/aromatic N) is 4. The van der Waals surface area contributed by atoms with Crippen LogP contribution < -0.4 is 5.32 Å². The molecule has 1 amide bonds. The predicted octanol–water partition coefficient (Wildman–Crippen LogP) is 1.16. The molecule has 0 spiro atoms. The smallest absolute Gasteiger partial charge is 0.253 e. The molecule has 22 heavy (non-hydrogen) atoms. The van der Waals surface area contributed by atoms with Crippen LogP contribution in [0.3, 0.4) is 0 Å². The van der Waals surface area contributed by atoms with Crippen LogP contribution in [0.4, 0.5) is 0 Å². The van der Waals surface area contributed by atoms with Crippen LogP contribution in [0.1, 0.15) is 16.2 Å². The highest BCUT2D eigenvalue weighted by Crippen LogP contribution is 2.14. The number of fused-ring (bicyclic) bond motifs is 2. The Morgan fingerprint density at radius 2 is 2.27 bits per heavy atom. The van der Waals surface area contributed by atoms with E-state index in [1.54, 1.807) is 18.6 Å². The van der Waals surface area contributed by atoms with Gasteiger partial charge in [0.1, 0.15) is 17.8 Å². The minimum absolute atomic E-state index is 0.213. The maximum Gasteiger partial charge on any atom is 0.253 e. The van der Waals surface area contributed by atoms with E-state index in [2.05, 4.69) is 35.2 Å². The van der Waals surface area contributed by atoms with Crippen molar-refractivity contribution < 1.29 is 4.79 Å². The topological polar surface area (TPSA) is 112 Å². The second-order valence-electron chi connectivity index (χ2n) is 4.73. The third-order valence-corrected chi connectivity index (χ3v) is 3.32. The Morgan fingerprint density at radius 3 is 3.18 bits per heavy atom. The Morgan fingerprint density at radius 1 is 1.32 bits per heavy atom. The van der Waals surface area contributed by atoms with E-state index in [-0.39, 0.29) is 12.5 Å². The number of aromatic nitrogens is 6. The van der Waals surface area contributed by atoms with Gasteiger partial charge < -0.3 is 15.3 Å². The van der Waals surface area contributed by atoms with Crippen molar-refractivity contribution in [1.82, 2.24) is 35.2 Å². The Labute approximate surface area is 124 Å². The summed E-state index contributed by atoms with van der Waals surface area (Å²) in [5, 5.41) is 3.50. The van der Waals surface area contributed by atoms with E-state index in [4.69, 9.17) is 0 Å². The quantitative estimate of drug-likeness (QED) is 0.524. The Balaban J connectivity index is 1.54. The molecule has 0 saturated heterocycles. The minimum Gasteiger partial charge on any atom is -0.345 e.